The van der Waals surface area contributed by atoms with E-state index in [1.165, 1.54) is 32.3 Å². The molecule has 2 aromatic heterocycles. The number of hydrogen-bond donors (Lipinski definition) is 2. The predicted octanol–water partition coefficient (Wildman–Crippen LogP) is 2.43. The molecule has 1 aliphatic heterocycles. The summed E-state index contributed by atoms with van der Waals surface area (Å²) in [4.78, 5) is 18.3. The van der Waals surface area contributed by atoms with Gasteiger partial charge in [0.05, 0.1) is 13.3 Å². The Bertz CT molecular complexity index is 728. The number of pyridine rings is 1. The van der Waals surface area contributed by atoms with Gasteiger partial charge in [-0.25, -0.2) is 4.39 Å². The average molecular weight is 347 g/mol. The minimum Gasteiger partial charge on any atom is -0.495 e. The monoisotopic (exact) mass is 347 g/mol. The highest BCUT2D eigenvalue weighted by Crippen LogP contribution is 2.26. The van der Waals surface area contributed by atoms with E-state index in [2.05, 4.69) is 25.4 Å². The molecule has 0 atom stereocenters. The van der Waals surface area contributed by atoms with Gasteiger partial charge in [0.15, 0.2) is 11.6 Å². The molecule has 0 spiro atoms. The van der Waals surface area contributed by atoms with Crippen molar-refractivity contribution in [3.8, 4) is 17.0 Å². The smallest absolute Gasteiger partial charge is 0.225 e. The topological polar surface area (TPSA) is 83.1 Å². The van der Waals surface area contributed by atoms with Crippen molar-refractivity contribution in [1.29, 1.82) is 0 Å². The van der Waals surface area contributed by atoms with E-state index in [9.17, 15) is 9.18 Å². The SMILES string of the molecule is COc1cncc(-c2n[nH]c(NC(=O)CCCN3CCCC3)c2F)c1. The van der Waals surface area contributed by atoms with E-state index < -0.39 is 5.82 Å². The normalized spacial score (nSPS) is 14.6. The number of amides is 1. The number of methoxy groups -OCH3 is 1. The molecule has 7 nitrogen and oxygen atoms in total. The fraction of sp³-hybridized carbons (Fsp3) is 0.471. The summed E-state index contributed by atoms with van der Waals surface area (Å²) < 4.78 is 19.6. The molecule has 2 N–H and O–H groups in total. The zero-order chi connectivity index (χ0) is 17.6. The minimum absolute atomic E-state index is 0.0241. The van der Waals surface area contributed by atoms with E-state index in [4.69, 9.17) is 4.74 Å². The maximum atomic E-state index is 14.5. The van der Waals surface area contributed by atoms with Gasteiger partial charge >= 0.3 is 0 Å². The lowest BCUT2D eigenvalue weighted by Crippen LogP contribution is -2.22. The standard InChI is InChI=1S/C17H22FN5O2/c1-25-13-9-12(10-19-11-13)16-15(18)17(22-21-16)20-14(24)5-4-8-23-6-2-3-7-23/h9-11H,2-8H2,1H3,(H2,20,21,22,24). The van der Waals surface area contributed by atoms with Crippen molar-refractivity contribution in [2.24, 2.45) is 0 Å². The Morgan fingerprint density at radius 2 is 2.20 bits per heavy atom. The molecule has 0 unspecified atom stereocenters. The fourth-order valence-electron chi connectivity index (χ4n) is 2.93. The van der Waals surface area contributed by atoms with Crippen LogP contribution >= 0.6 is 0 Å². The van der Waals surface area contributed by atoms with Gasteiger partial charge in [0, 0.05) is 18.2 Å². The number of aromatic nitrogens is 3. The maximum absolute atomic E-state index is 14.5. The van der Waals surface area contributed by atoms with E-state index in [1.54, 1.807) is 6.07 Å². The Balaban J connectivity index is 1.57. The Morgan fingerprint density at radius 3 is 2.96 bits per heavy atom. The molecular weight excluding hydrogens is 325 g/mol. The van der Waals surface area contributed by atoms with E-state index >= 15 is 0 Å². The van der Waals surface area contributed by atoms with Crippen LogP contribution in [0.4, 0.5) is 10.2 Å². The molecule has 0 aliphatic carbocycles. The average Bonchev–Trinajstić information content (AvgIpc) is 3.26. The first-order valence-electron chi connectivity index (χ1n) is 8.43. The number of carbonyl (C=O) groups excluding carboxylic acids is 1. The third-order valence-corrected chi connectivity index (χ3v) is 4.27. The first kappa shape index (κ1) is 17.3. The van der Waals surface area contributed by atoms with Gasteiger partial charge in [-0.1, -0.05) is 0 Å². The molecule has 1 saturated heterocycles. The zero-order valence-corrected chi connectivity index (χ0v) is 14.2. The molecule has 0 bridgehead atoms. The van der Waals surface area contributed by atoms with Crippen molar-refractivity contribution in [3.05, 3.63) is 24.3 Å². The number of ether oxygens (including phenoxy) is 1. The molecule has 134 valence electrons. The molecule has 0 radical (unpaired) electrons. The summed E-state index contributed by atoms with van der Waals surface area (Å²) in [6.45, 7) is 3.11. The van der Waals surface area contributed by atoms with Gasteiger partial charge < -0.3 is 15.0 Å². The molecule has 8 heteroatoms. The lowest BCUT2D eigenvalue weighted by molar-refractivity contribution is -0.116. The van der Waals surface area contributed by atoms with Crippen molar-refractivity contribution in [2.75, 3.05) is 32.1 Å². The minimum atomic E-state index is -0.608. The van der Waals surface area contributed by atoms with Gasteiger partial charge in [0.25, 0.3) is 0 Å². The molecule has 0 saturated carbocycles. The van der Waals surface area contributed by atoms with E-state index in [1.807, 2.05) is 0 Å². The second-order valence-electron chi connectivity index (χ2n) is 6.08. The highest BCUT2D eigenvalue weighted by atomic mass is 19.1. The van der Waals surface area contributed by atoms with Crippen molar-refractivity contribution in [1.82, 2.24) is 20.1 Å². The van der Waals surface area contributed by atoms with E-state index in [0.717, 1.165) is 26.1 Å². The Morgan fingerprint density at radius 1 is 1.40 bits per heavy atom. The van der Waals surface area contributed by atoms with Gasteiger partial charge in [-0.15, -0.1) is 0 Å². The molecule has 25 heavy (non-hydrogen) atoms. The quantitative estimate of drug-likeness (QED) is 0.804. The van der Waals surface area contributed by atoms with Crippen molar-refractivity contribution in [3.63, 3.8) is 0 Å². The van der Waals surface area contributed by atoms with E-state index in [0.29, 0.717) is 17.7 Å². The molecular formula is C17H22FN5O2. The van der Waals surface area contributed by atoms with Crippen molar-refractivity contribution < 1.29 is 13.9 Å². The van der Waals surface area contributed by atoms with Gasteiger partial charge in [0.2, 0.25) is 5.91 Å². The Kier molecular flexibility index (Phi) is 5.60. The van der Waals surface area contributed by atoms with Crippen LogP contribution in [0.3, 0.4) is 0 Å². The molecule has 0 aromatic carbocycles. The number of rotatable bonds is 7. The zero-order valence-electron chi connectivity index (χ0n) is 14.2. The van der Waals surface area contributed by atoms with Crippen LogP contribution < -0.4 is 10.1 Å². The molecule has 2 aromatic rings. The molecule has 1 fully saturated rings. The van der Waals surface area contributed by atoms with Gasteiger partial charge in [0.1, 0.15) is 11.4 Å². The summed E-state index contributed by atoms with van der Waals surface area (Å²) in [6.07, 6.45) is 6.58. The van der Waals surface area contributed by atoms with Crippen molar-refractivity contribution >= 4 is 11.7 Å². The van der Waals surface area contributed by atoms with E-state index in [-0.39, 0.29) is 17.4 Å². The van der Waals surface area contributed by atoms with Crippen LogP contribution in [0.15, 0.2) is 18.5 Å². The van der Waals surface area contributed by atoms with Crippen LogP contribution in [0.1, 0.15) is 25.7 Å². The molecule has 3 rings (SSSR count). The molecule has 3 heterocycles. The summed E-state index contributed by atoms with van der Waals surface area (Å²) in [5.74, 6) is -0.351. The Hall–Kier alpha value is -2.48. The lowest BCUT2D eigenvalue weighted by atomic mass is 10.2. The summed E-state index contributed by atoms with van der Waals surface area (Å²) in [7, 11) is 1.51. The number of anilines is 1. The number of halogens is 1. The van der Waals surface area contributed by atoms with Crippen LogP contribution in [0.2, 0.25) is 0 Å². The maximum Gasteiger partial charge on any atom is 0.225 e. The largest absolute Gasteiger partial charge is 0.495 e. The molecule has 1 amide bonds. The van der Waals surface area contributed by atoms with Crippen LogP contribution in [0.25, 0.3) is 11.3 Å². The third-order valence-electron chi connectivity index (χ3n) is 4.27. The first-order valence-corrected chi connectivity index (χ1v) is 8.43. The number of carbonyl (C=O) groups is 1. The first-order chi connectivity index (χ1) is 12.2. The molecule has 1 aliphatic rings. The van der Waals surface area contributed by atoms with Crippen LogP contribution in [0.5, 0.6) is 5.75 Å². The number of nitrogens with zero attached hydrogens (tertiary/aromatic N) is 3. The third kappa shape index (κ3) is 4.33. The number of likely N-dealkylation sites (tertiary alicyclic amines) is 1. The Labute approximate surface area is 145 Å². The predicted molar refractivity (Wildman–Crippen MR) is 91.9 cm³/mol. The second kappa shape index (κ2) is 8.06. The van der Waals surface area contributed by atoms with Crippen LogP contribution in [-0.4, -0.2) is 52.7 Å². The fourth-order valence-corrected chi connectivity index (χ4v) is 2.93. The van der Waals surface area contributed by atoms with Crippen LogP contribution in [-0.2, 0) is 4.79 Å². The highest BCUT2D eigenvalue weighted by Gasteiger charge is 2.18. The summed E-state index contributed by atoms with van der Waals surface area (Å²) in [6, 6.07) is 1.63. The summed E-state index contributed by atoms with van der Waals surface area (Å²) >= 11 is 0. The van der Waals surface area contributed by atoms with Gasteiger partial charge in [-0.3, -0.25) is 14.9 Å². The number of aromatic amines is 1. The number of nitrogens with one attached hydrogen (secondary N) is 2. The number of H-pyrrole nitrogens is 1. The number of hydrogen-bond acceptors (Lipinski definition) is 5. The van der Waals surface area contributed by atoms with Gasteiger partial charge in [-0.2, -0.15) is 5.10 Å². The second-order valence-corrected chi connectivity index (χ2v) is 6.08. The summed E-state index contributed by atoms with van der Waals surface area (Å²) in [5.41, 5.74) is 0.571. The van der Waals surface area contributed by atoms with Crippen LogP contribution in [0, 0.1) is 5.82 Å². The van der Waals surface area contributed by atoms with Crippen molar-refractivity contribution in [2.45, 2.75) is 25.7 Å². The highest BCUT2D eigenvalue weighted by molar-refractivity contribution is 5.90. The summed E-state index contributed by atoms with van der Waals surface area (Å²) in [5, 5.41) is 9.03. The lowest BCUT2D eigenvalue weighted by Gasteiger charge is -2.13. The van der Waals surface area contributed by atoms with Gasteiger partial charge in [-0.05, 0) is 45.0 Å².